The molecular weight excluding hydrogens is 336 g/mol. The molecule has 2 aliphatic carbocycles. The minimum absolute atomic E-state index is 0.465. The third-order valence-electron chi connectivity index (χ3n) is 6.55. The lowest BCUT2D eigenvalue weighted by atomic mass is 9.86. The zero-order valence-corrected chi connectivity index (χ0v) is 15.9. The fourth-order valence-electron chi connectivity index (χ4n) is 5.23. The van der Waals surface area contributed by atoms with Gasteiger partial charge >= 0.3 is 0 Å². The lowest BCUT2D eigenvalue weighted by Gasteiger charge is -2.18. The van der Waals surface area contributed by atoms with E-state index in [0.717, 1.165) is 12.8 Å². The predicted molar refractivity (Wildman–Crippen MR) is 117 cm³/mol. The lowest BCUT2D eigenvalue weighted by molar-refractivity contribution is 0.725. The van der Waals surface area contributed by atoms with E-state index in [2.05, 4.69) is 91.0 Å². The van der Waals surface area contributed by atoms with Gasteiger partial charge in [-0.15, -0.1) is 0 Å². The quantitative estimate of drug-likeness (QED) is 0.302. The van der Waals surface area contributed by atoms with Crippen LogP contribution in [-0.4, -0.2) is 0 Å². The molecule has 0 N–H and O–H groups in total. The van der Waals surface area contributed by atoms with E-state index in [1.807, 2.05) is 0 Å². The standard InChI is InChI=1S/C28H22/c1-2-8-19(9-3-1)24-15-14-21-17-22-16-20-10-4-5-11-23(20)28(22)18-27(21)26-13-7-6-12-25(24)26/h1-13,17-18,24H,14-16H2. The highest BCUT2D eigenvalue weighted by Crippen LogP contribution is 2.45. The number of fused-ring (bicyclic) bond motifs is 6. The molecule has 0 amide bonds. The Labute approximate surface area is 166 Å². The van der Waals surface area contributed by atoms with Crippen LogP contribution in [0.25, 0.3) is 22.3 Å². The van der Waals surface area contributed by atoms with Crippen molar-refractivity contribution in [3.8, 4) is 22.3 Å². The molecule has 4 aromatic carbocycles. The smallest absolute Gasteiger partial charge is 0.00986 e. The van der Waals surface area contributed by atoms with Gasteiger partial charge in [0.2, 0.25) is 0 Å². The lowest BCUT2D eigenvalue weighted by Crippen LogP contribution is -2.01. The minimum Gasteiger partial charge on any atom is -0.0622 e. The first-order valence-corrected chi connectivity index (χ1v) is 10.3. The van der Waals surface area contributed by atoms with E-state index >= 15 is 0 Å². The van der Waals surface area contributed by atoms with E-state index in [-0.39, 0.29) is 0 Å². The van der Waals surface area contributed by atoms with Crippen molar-refractivity contribution in [1.29, 1.82) is 0 Å². The maximum Gasteiger partial charge on any atom is 0.00986 e. The maximum atomic E-state index is 2.49. The van der Waals surface area contributed by atoms with Crippen molar-refractivity contribution in [2.45, 2.75) is 25.2 Å². The molecule has 0 radical (unpaired) electrons. The molecule has 0 heterocycles. The van der Waals surface area contributed by atoms with Gasteiger partial charge < -0.3 is 0 Å². The zero-order valence-electron chi connectivity index (χ0n) is 15.9. The van der Waals surface area contributed by atoms with Gasteiger partial charge in [-0.3, -0.25) is 0 Å². The van der Waals surface area contributed by atoms with Crippen LogP contribution >= 0.6 is 0 Å². The van der Waals surface area contributed by atoms with Crippen molar-refractivity contribution in [3.05, 3.63) is 119 Å². The van der Waals surface area contributed by atoms with Gasteiger partial charge in [-0.25, -0.2) is 0 Å². The molecule has 28 heavy (non-hydrogen) atoms. The molecule has 0 spiro atoms. The second-order valence-corrected chi connectivity index (χ2v) is 8.09. The molecule has 0 heteroatoms. The number of hydrogen-bond donors (Lipinski definition) is 0. The van der Waals surface area contributed by atoms with Crippen molar-refractivity contribution in [1.82, 2.24) is 0 Å². The van der Waals surface area contributed by atoms with Crippen molar-refractivity contribution < 1.29 is 0 Å². The summed E-state index contributed by atoms with van der Waals surface area (Å²) in [6.07, 6.45) is 3.37. The topological polar surface area (TPSA) is 0 Å². The van der Waals surface area contributed by atoms with E-state index in [9.17, 15) is 0 Å². The number of rotatable bonds is 1. The number of benzene rings is 4. The summed E-state index contributed by atoms with van der Waals surface area (Å²) in [5.74, 6) is 0.465. The van der Waals surface area contributed by atoms with E-state index in [0.29, 0.717) is 5.92 Å². The van der Waals surface area contributed by atoms with Gasteiger partial charge in [0.15, 0.2) is 0 Å². The second-order valence-electron chi connectivity index (χ2n) is 8.09. The van der Waals surface area contributed by atoms with Crippen molar-refractivity contribution >= 4 is 0 Å². The molecule has 0 saturated carbocycles. The summed E-state index contributed by atoms with van der Waals surface area (Å²) in [6, 6.07) is 33.9. The minimum atomic E-state index is 0.465. The third kappa shape index (κ3) is 2.38. The van der Waals surface area contributed by atoms with E-state index in [4.69, 9.17) is 0 Å². The summed E-state index contributed by atoms with van der Waals surface area (Å²) in [5, 5.41) is 0. The van der Waals surface area contributed by atoms with Gasteiger partial charge in [-0.1, -0.05) is 84.9 Å². The van der Waals surface area contributed by atoms with Crippen molar-refractivity contribution in [3.63, 3.8) is 0 Å². The molecule has 134 valence electrons. The van der Waals surface area contributed by atoms with Crippen molar-refractivity contribution in [2.75, 3.05) is 0 Å². The van der Waals surface area contributed by atoms with E-state index < -0.39 is 0 Å². The highest BCUT2D eigenvalue weighted by Gasteiger charge is 2.26. The Morgan fingerprint density at radius 2 is 1.25 bits per heavy atom. The van der Waals surface area contributed by atoms with Gasteiger partial charge in [0.05, 0.1) is 0 Å². The first-order valence-electron chi connectivity index (χ1n) is 10.3. The Kier molecular flexibility index (Phi) is 3.52. The van der Waals surface area contributed by atoms with Crippen LogP contribution in [0.3, 0.4) is 0 Å². The molecule has 0 nitrogen and oxygen atoms in total. The highest BCUT2D eigenvalue weighted by atomic mass is 14.3. The van der Waals surface area contributed by atoms with Crippen molar-refractivity contribution in [2.24, 2.45) is 0 Å². The molecule has 4 aromatic rings. The first-order chi connectivity index (χ1) is 13.9. The average molecular weight is 358 g/mol. The van der Waals surface area contributed by atoms with Gasteiger partial charge in [0.1, 0.15) is 0 Å². The molecule has 0 bridgehead atoms. The normalized spacial score (nSPS) is 16.5. The number of hydrogen-bond acceptors (Lipinski definition) is 0. The fourth-order valence-corrected chi connectivity index (χ4v) is 5.23. The molecular formula is C28H22. The Bertz CT molecular complexity index is 1180. The van der Waals surface area contributed by atoms with Crippen LogP contribution in [0, 0.1) is 0 Å². The Hall–Kier alpha value is -3.12. The molecule has 0 saturated heterocycles. The van der Waals surface area contributed by atoms with Gasteiger partial charge in [0, 0.05) is 5.92 Å². The summed E-state index contributed by atoms with van der Waals surface area (Å²) in [4.78, 5) is 0. The van der Waals surface area contributed by atoms with Gasteiger partial charge in [0.25, 0.3) is 0 Å². The Morgan fingerprint density at radius 3 is 2.14 bits per heavy atom. The first kappa shape index (κ1) is 15.9. The molecule has 0 aliphatic heterocycles. The summed E-state index contributed by atoms with van der Waals surface area (Å²) < 4.78 is 0. The second kappa shape index (κ2) is 6.21. The Morgan fingerprint density at radius 1 is 0.536 bits per heavy atom. The van der Waals surface area contributed by atoms with Crippen LogP contribution in [-0.2, 0) is 12.8 Å². The largest absolute Gasteiger partial charge is 0.0622 e. The molecule has 0 aromatic heterocycles. The molecule has 1 atom stereocenters. The maximum absolute atomic E-state index is 2.49. The fraction of sp³-hybridized carbons (Fsp3) is 0.143. The molecule has 6 rings (SSSR count). The summed E-state index contributed by atoms with van der Waals surface area (Å²) in [5.41, 5.74) is 13.1. The molecule has 1 unspecified atom stereocenters. The van der Waals surface area contributed by atoms with Crippen LogP contribution in [0.1, 0.15) is 40.2 Å². The highest BCUT2D eigenvalue weighted by molar-refractivity contribution is 5.84. The number of aryl methyl sites for hydroxylation is 1. The summed E-state index contributed by atoms with van der Waals surface area (Å²) in [7, 11) is 0. The van der Waals surface area contributed by atoms with Crippen LogP contribution in [0.2, 0.25) is 0 Å². The molecule has 0 fully saturated rings. The van der Waals surface area contributed by atoms with Crippen LogP contribution in [0.15, 0.2) is 91.0 Å². The Balaban J connectivity index is 1.56. The molecule has 2 aliphatic rings. The van der Waals surface area contributed by atoms with Crippen LogP contribution < -0.4 is 0 Å². The van der Waals surface area contributed by atoms with E-state index in [1.54, 1.807) is 0 Å². The predicted octanol–water partition coefficient (Wildman–Crippen LogP) is 7.00. The van der Waals surface area contributed by atoms with Gasteiger partial charge in [-0.2, -0.15) is 0 Å². The van der Waals surface area contributed by atoms with Crippen LogP contribution in [0.5, 0.6) is 0 Å². The van der Waals surface area contributed by atoms with E-state index in [1.165, 1.54) is 56.5 Å². The zero-order chi connectivity index (χ0) is 18.5. The van der Waals surface area contributed by atoms with Gasteiger partial charge in [-0.05, 0) is 75.4 Å². The average Bonchev–Trinajstić information content (AvgIpc) is 3.03. The third-order valence-corrected chi connectivity index (χ3v) is 6.55. The summed E-state index contributed by atoms with van der Waals surface area (Å²) >= 11 is 0. The summed E-state index contributed by atoms with van der Waals surface area (Å²) in [6.45, 7) is 0. The SMILES string of the molecule is c1ccc(C2CCc3cc4c(cc3-c3ccccc32)-c2ccccc2C4)cc1. The van der Waals surface area contributed by atoms with Crippen LogP contribution in [0.4, 0.5) is 0 Å². The monoisotopic (exact) mass is 358 g/mol.